The molecule has 0 bridgehead atoms. The van der Waals surface area contributed by atoms with Gasteiger partial charge in [0, 0.05) is 47.5 Å². The highest BCUT2D eigenvalue weighted by molar-refractivity contribution is 7.97. The van der Waals surface area contributed by atoms with E-state index in [4.69, 9.17) is 15.1 Å². The van der Waals surface area contributed by atoms with Gasteiger partial charge in [0.15, 0.2) is 9.84 Å². The van der Waals surface area contributed by atoms with Gasteiger partial charge in [-0.25, -0.2) is 52.3 Å². The van der Waals surface area contributed by atoms with E-state index in [1.807, 2.05) is 12.2 Å². The molecule has 0 radical (unpaired) electrons. The Labute approximate surface area is 373 Å². The average Bonchev–Trinajstić information content (AvgIpc) is 3.87. The van der Waals surface area contributed by atoms with Gasteiger partial charge < -0.3 is 29.2 Å². The molecular formula is C40H64O23S. The summed E-state index contributed by atoms with van der Waals surface area (Å²) < 4.78 is 38.7. The number of carboxylic acids is 2. The molecule has 0 amide bonds. The van der Waals surface area contributed by atoms with E-state index in [9.17, 15) is 42.0 Å². The van der Waals surface area contributed by atoms with Gasteiger partial charge in [-0.1, -0.05) is 19.6 Å². The van der Waals surface area contributed by atoms with Crippen LogP contribution in [0.2, 0.25) is 0 Å². The summed E-state index contributed by atoms with van der Waals surface area (Å²) in [5, 5.41) is 19.9. The molecule has 1 fully saturated rings. The number of allylic oxidation sites excluding steroid dienone is 4. The van der Waals surface area contributed by atoms with Crippen molar-refractivity contribution in [2.75, 3.05) is 83.3 Å². The summed E-state index contributed by atoms with van der Waals surface area (Å²) in [7, 11) is 7.74. The fourth-order valence-electron chi connectivity index (χ4n) is 5.48. The molecule has 368 valence electrons. The third-order valence-corrected chi connectivity index (χ3v) is 9.65. The minimum absolute atomic E-state index is 0. The molecule has 3 aliphatic rings. The monoisotopic (exact) mass is 944 g/mol. The van der Waals surface area contributed by atoms with E-state index < -0.39 is 51.4 Å². The third kappa shape index (κ3) is 30.2. The maximum atomic E-state index is 11.3. The summed E-state index contributed by atoms with van der Waals surface area (Å²) in [5.74, 6) is -5.82. The van der Waals surface area contributed by atoms with Gasteiger partial charge in [-0.05, 0) is 31.1 Å². The first kappa shape index (κ1) is 63.4. The van der Waals surface area contributed by atoms with Gasteiger partial charge in [0.2, 0.25) is 0 Å². The maximum absolute atomic E-state index is 11.3. The van der Waals surface area contributed by atoms with Crippen molar-refractivity contribution in [3.63, 3.8) is 0 Å². The Hall–Kier alpha value is -4.92. The summed E-state index contributed by atoms with van der Waals surface area (Å²) in [6.07, 6.45) is 10.8. The number of ketones is 1. The lowest BCUT2D eigenvalue weighted by Crippen LogP contribution is -2.32. The minimum Gasteiger partial charge on any atom is -0.481 e. The highest BCUT2D eigenvalue weighted by Crippen LogP contribution is 2.30. The normalized spacial score (nSPS) is 19.5. The number of carbonyl (C=O) groups is 7. The number of aliphatic carboxylic acids is 2. The molecule has 0 aromatic carbocycles. The first-order valence-electron chi connectivity index (χ1n) is 18.7. The molecule has 23 nitrogen and oxygen atoms in total. The molecule has 2 N–H and O–H groups in total. The number of sulfone groups is 1. The van der Waals surface area contributed by atoms with E-state index >= 15 is 0 Å². The van der Waals surface area contributed by atoms with Crippen molar-refractivity contribution < 1.29 is 110 Å². The number of hydrogen-bond acceptors (Lipinski definition) is 21. The molecule has 3 rings (SSSR count). The highest BCUT2D eigenvalue weighted by Gasteiger charge is 2.39. The van der Waals surface area contributed by atoms with Gasteiger partial charge in [-0.3, -0.25) is 28.8 Å². The smallest absolute Gasteiger partial charge is 0.330 e. The van der Waals surface area contributed by atoms with Crippen molar-refractivity contribution in [1.82, 2.24) is 0 Å². The fourth-order valence-corrected chi connectivity index (χ4v) is 6.19. The van der Waals surface area contributed by atoms with Crippen LogP contribution < -0.4 is 0 Å². The zero-order chi connectivity index (χ0) is 48.2. The summed E-state index contributed by atoms with van der Waals surface area (Å²) in [6, 6.07) is 0. The number of Topliss-reactive ketones (excluding diaryl/α,β-unsaturated/α-hetero) is 1. The van der Waals surface area contributed by atoms with Crippen LogP contribution in [0.1, 0.15) is 46.0 Å². The molecule has 0 aromatic heterocycles. The predicted molar refractivity (Wildman–Crippen MR) is 221 cm³/mol. The Balaban J connectivity index is -0.000000744. The Morgan fingerprint density at radius 1 is 0.641 bits per heavy atom. The fraction of sp³-hybridized carbons (Fsp3) is 0.625. The molecule has 1 heterocycles. The van der Waals surface area contributed by atoms with Crippen LogP contribution in [-0.4, -0.2) is 144 Å². The van der Waals surface area contributed by atoms with Gasteiger partial charge in [0.25, 0.3) is 0 Å². The van der Waals surface area contributed by atoms with Crippen molar-refractivity contribution in [2.45, 2.75) is 46.0 Å². The third-order valence-electron chi connectivity index (χ3n) is 8.58. The SMILES string of the molecule is C.COC(=O)C1CC=CCC1C(=O)OC.COOC/C=C/C(=O)OC.COOCC(CC(=O)O)C(COOC)CC(=O)O.COOCC1CC(=O)CC1C(=O)OC.O=S1(=O)C=CC=C1. The summed E-state index contributed by atoms with van der Waals surface area (Å²) >= 11 is 0. The van der Waals surface area contributed by atoms with Crippen LogP contribution >= 0.6 is 0 Å². The number of ether oxygens (including phenoxy) is 4. The van der Waals surface area contributed by atoms with Gasteiger partial charge in [0.1, 0.15) is 12.4 Å². The number of carbonyl (C=O) groups excluding carboxylic acids is 5. The average molecular weight is 945 g/mol. The number of esters is 4. The van der Waals surface area contributed by atoms with Gasteiger partial charge in [0.05, 0.1) is 107 Å². The van der Waals surface area contributed by atoms with E-state index in [1.54, 1.807) is 0 Å². The van der Waals surface area contributed by atoms with Gasteiger partial charge in [-0.2, -0.15) is 0 Å². The van der Waals surface area contributed by atoms with Gasteiger partial charge >= 0.3 is 35.8 Å². The van der Waals surface area contributed by atoms with Crippen molar-refractivity contribution in [3.8, 4) is 0 Å². The van der Waals surface area contributed by atoms with Crippen LogP contribution in [0.5, 0.6) is 0 Å². The lowest BCUT2D eigenvalue weighted by Gasteiger charge is -2.23. The van der Waals surface area contributed by atoms with Crippen LogP contribution in [0.3, 0.4) is 0 Å². The highest BCUT2D eigenvalue weighted by atomic mass is 32.2. The quantitative estimate of drug-likeness (QED) is 0.0318. The molecule has 24 heteroatoms. The predicted octanol–water partition coefficient (Wildman–Crippen LogP) is 2.94. The number of rotatable bonds is 21. The first-order valence-corrected chi connectivity index (χ1v) is 20.3. The van der Waals surface area contributed by atoms with E-state index in [2.05, 4.69) is 53.2 Å². The lowest BCUT2D eigenvalue weighted by atomic mass is 9.83. The van der Waals surface area contributed by atoms with Crippen molar-refractivity contribution in [2.24, 2.45) is 35.5 Å². The van der Waals surface area contributed by atoms with Crippen molar-refractivity contribution in [3.05, 3.63) is 47.3 Å². The van der Waals surface area contributed by atoms with Crippen LogP contribution in [0, 0.1) is 35.5 Å². The van der Waals surface area contributed by atoms with Crippen LogP contribution in [0.25, 0.3) is 0 Å². The van der Waals surface area contributed by atoms with E-state index in [0.717, 1.165) is 10.8 Å². The molecule has 2 aliphatic carbocycles. The topological polar surface area (TPSA) is 305 Å². The molecule has 0 saturated heterocycles. The number of methoxy groups -OCH3 is 4. The number of carboxylic acid groups (broad SMARTS) is 2. The van der Waals surface area contributed by atoms with Gasteiger partial charge in [-0.15, -0.1) is 0 Å². The van der Waals surface area contributed by atoms with Crippen molar-refractivity contribution in [1.29, 1.82) is 0 Å². The molecule has 6 unspecified atom stereocenters. The van der Waals surface area contributed by atoms with E-state index in [1.165, 1.54) is 81.2 Å². The molecule has 0 aromatic rings. The second kappa shape index (κ2) is 38.5. The van der Waals surface area contributed by atoms with E-state index in [-0.39, 0.29) is 88.6 Å². The molecule has 64 heavy (non-hydrogen) atoms. The largest absolute Gasteiger partial charge is 0.481 e. The minimum atomic E-state index is -2.91. The zero-order valence-electron chi connectivity index (χ0n) is 36.5. The van der Waals surface area contributed by atoms with Crippen LogP contribution in [0.4, 0.5) is 0 Å². The number of hydrogen-bond donors (Lipinski definition) is 2. The molecule has 1 aliphatic heterocycles. The Morgan fingerprint density at radius 3 is 1.41 bits per heavy atom. The molecule has 0 spiro atoms. The second-order valence-electron chi connectivity index (χ2n) is 12.7. The summed E-state index contributed by atoms with van der Waals surface area (Å²) in [5.41, 5.74) is 0. The van der Waals surface area contributed by atoms with Crippen LogP contribution in [0.15, 0.2) is 47.3 Å². The maximum Gasteiger partial charge on any atom is 0.330 e. The Kier molecular flexibility index (Phi) is 38.2. The van der Waals surface area contributed by atoms with Crippen LogP contribution in [-0.2, 0) is 101 Å². The second-order valence-corrected chi connectivity index (χ2v) is 14.5. The molecule has 1 saturated carbocycles. The summed E-state index contributed by atoms with van der Waals surface area (Å²) in [4.78, 5) is 113. The standard InChI is InChI=1S/C10H18O8.C10H14O4.C9H14O5.C6H10O4.C4H4O2S.CH4/c1-15-17-5-7(3-9(11)12)8(4-10(13)14)6-18-16-2;1-13-9(11)7-5-3-4-6-8(7)10(12)14-2;1-12-9(11)8-4-7(10)3-6(8)5-14-13-2;1-8-6(7)4-3-5-10-9-2;5-7(6)3-1-2-4-7;/h7-8H,3-6H2,1-2H3,(H,11,12)(H,13,14);3-4,7-8H,5-6H2,1-2H3;6,8H,3-5H2,1-2H3;3-4H,5H2,1-2H3;1-4H;1H4/b;;;4-3+;;. The molecule has 6 atom stereocenters. The van der Waals surface area contributed by atoms with E-state index in [0.29, 0.717) is 19.3 Å². The van der Waals surface area contributed by atoms with Crippen molar-refractivity contribution >= 4 is 51.4 Å². The first-order chi connectivity index (χ1) is 29.9. The lowest BCUT2D eigenvalue weighted by molar-refractivity contribution is -0.298. The Morgan fingerprint density at radius 2 is 1.06 bits per heavy atom. The summed E-state index contributed by atoms with van der Waals surface area (Å²) in [6.45, 7) is 0.426. The zero-order valence-corrected chi connectivity index (χ0v) is 37.3. The Bertz CT molecular complexity index is 1530. The molecular weight excluding hydrogens is 880 g/mol.